The van der Waals surface area contributed by atoms with Crippen LogP contribution in [0.25, 0.3) is 0 Å². The summed E-state index contributed by atoms with van der Waals surface area (Å²) >= 11 is 0. The maximum atomic E-state index is 8.60. The van der Waals surface area contributed by atoms with Gasteiger partial charge in [0.05, 0.1) is 6.10 Å². The van der Waals surface area contributed by atoms with Crippen molar-refractivity contribution in [3.05, 3.63) is 23.8 Å². The van der Waals surface area contributed by atoms with E-state index in [4.69, 9.17) is 5.26 Å². The van der Waals surface area contributed by atoms with Gasteiger partial charge in [0, 0.05) is 6.42 Å². The summed E-state index contributed by atoms with van der Waals surface area (Å²) in [5, 5.41) is 8.60. The second kappa shape index (κ2) is 3.87. The normalized spacial score (nSPS) is 29.8. The molecular formula is C10H16O2. The third-order valence-electron chi connectivity index (χ3n) is 2.48. The molecule has 0 heterocycles. The Morgan fingerprint density at radius 3 is 2.92 bits per heavy atom. The highest BCUT2D eigenvalue weighted by Crippen LogP contribution is 2.28. The molecule has 0 amide bonds. The molecule has 0 saturated carbocycles. The summed E-state index contributed by atoms with van der Waals surface area (Å²) in [6.07, 6.45) is 3.88. The first kappa shape index (κ1) is 9.49. The van der Waals surface area contributed by atoms with E-state index in [1.54, 1.807) is 0 Å². The summed E-state index contributed by atoms with van der Waals surface area (Å²) in [4.78, 5) is 4.40. The number of allylic oxidation sites excluding steroid dienone is 2. The Hall–Kier alpha value is -0.600. The zero-order chi connectivity index (χ0) is 9.14. The first-order valence-electron chi connectivity index (χ1n) is 4.30. The maximum Gasteiger partial charge on any atom is 0.0995 e. The molecule has 0 saturated heterocycles. The van der Waals surface area contributed by atoms with Gasteiger partial charge in [-0.3, -0.25) is 5.26 Å². The molecule has 1 aliphatic carbocycles. The Bertz CT molecular complexity index is 206. The smallest absolute Gasteiger partial charge is 0.0995 e. The van der Waals surface area contributed by atoms with Crippen LogP contribution in [0.3, 0.4) is 0 Å². The molecule has 1 aliphatic rings. The van der Waals surface area contributed by atoms with E-state index < -0.39 is 0 Å². The molecule has 0 radical (unpaired) electrons. The van der Waals surface area contributed by atoms with E-state index >= 15 is 0 Å². The largest absolute Gasteiger partial charge is 0.252 e. The summed E-state index contributed by atoms with van der Waals surface area (Å²) in [6, 6.07) is 0. The minimum Gasteiger partial charge on any atom is -0.252 e. The summed E-state index contributed by atoms with van der Waals surface area (Å²) in [5.41, 5.74) is 2.29. The molecule has 2 heteroatoms. The van der Waals surface area contributed by atoms with Crippen LogP contribution in [0, 0.1) is 5.92 Å². The van der Waals surface area contributed by atoms with Crippen molar-refractivity contribution in [1.82, 2.24) is 0 Å². The highest BCUT2D eigenvalue weighted by molar-refractivity contribution is 5.28. The van der Waals surface area contributed by atoms with Gasteiger partial charge in [-0.1, -0.05) is 25.2 Å². The highest BCUT2D eigenvalue weighted by atomic mass is 17.1. The van der Waals surface area contributed by atoms with Gasteiger partial charge >= 0.3 is 0 Å². The van der Waals surface area contributed by atoms with E-state index in [2.05, 4.69) is 24.5 Å². The molecule has 0 spiro atoms. The summed E-state index contributed by atoms with van der Waals surface area (Å²) in [5.74, 6) is 0.401. The molecule has 0 fully saturated rings. The van der Waals surface area contributed by atoms with Crippen molar-refractivity contribution in [2.45, 2.75) is 32.8 Å². The van der Waals surface area contributed by atoms with Gasteiger partial charge in [-0.25, -0.2) is 4.89 Å². The molecule has 0 aliphatic heterocycles. The van der Waals surface area contributed by atoms with E-state index in [9.17, 15) is 0 Å². The Balaban J connectivity index is 2.66. The van der Waals surface area contributed by atoms with Gasteiger partial charge in [0.2, 0.25) is 0 Å². The Labute approximate surface area is 73.5 Å². The predicted molar refractivity (Wildman–Crippen MR) is 48.8 cm³/mol. The molecule has 0 bridgehead atoms. The van der Waals surface area contributed by atoms with Crippen LogP contribution >= 0.6 is 0 Å². The van der Waals surface area contributed by atoms with Crippen LogP contribution in [0.15, 0.2) is 23.8 Å². The van der Waals surface area contributed by atoms with E-state index in [1.807, 2.05) is 6.92 Å². The Morgan fingerprint density at radius 1 is 1.75 bits per heavy atom. The number of hydrogen-bond acceptors (Lipinski definition) is 2. The molecule has 68 valence electrons. The van der Waals surface area contributed by atoms with Crippen molar-refractivity contribution in [1.29, 1.82) is 0 Å². The second-order valence-electron chi connectivity index (χ2n) is 3.57. The minimum absolute atomic E-state index is 0.0540. The zero-order valence-corrected chi connectivity index (χ0v) is 7.71. The average Bonchev–Trinajstić information content (AvgIpc) is 2.05. The molecule has 12 heavy (non-hydrogen) atoms. The SMILES string of the molecule is C=C(C)C1=CCC(C)C(OO)C1. The van der Waals surface area contributed by atoms with Gasteiger partial charge < -0.3 is 0 Å². The minimum atomic E-state index is -0.0540. The third-order valence-corrected chi connectivity index (χ3v) is 2.48. The van der Waals surface area contributed by atoms with E-state index in [0.717, 1.165) is 18.4 Å². The molecule has 2 nitrogen and oxygen atoms in total. The molecule has 1 rings (SSSR count). The van der Waals surface area contributed by atoms with Crippen LogP contribution in [0.4, 0.5) is 0 Å². The molecular weight excluding hydrogens is 152 g/mol. The predicted octanol–water partition coefficient (Wildman–Crippen LogP) is 2.78. The van der Waals surface area contributed by atoms with Gasteiger partial charge in [-0.2, -0.15) is 0 Å². The lowest BCUT2D eigenvalue weighted by Crippen LogP contribution is -2.24. The van der Waals surface area contributed by atoms with Crippen molar-refractivity contribution >= 4 is 0 Å². The van der Waals surface area contributed by atoms with E-state index in [-0.39, 0.29) is 6.10 Å². The lowest BCUT2D eigenvalue weighted by molar-refractivity contribution is -0.289. The summed E-state index contributed by atoms with van der Waals surface area (Å²) < 4.78 is 0. The first-order chi connectivity index (χ1) is 5.65. The molecule has 2 atom stereocenters. The Morgan fingerprint density at radius 2 is 2.42 bits per heavy atom. The van der Waals surface area contributed by atoms with Crippen molar-refractivity contribution < 1.29 is 10.1 Å². The molecule has 0 aromatic carbocycles. The van der Waals surface area contributed by atoms with Gasteiger partial charge in [0.15, 0.2) is 0 Å². The Kier molecular flexibility index (Phi) is 3.06. The summed E-state index contributed by atoms with van der Waals surface area (Å²) in [6.45, 7) is 7.93. The van der Waals surface area contributed by atoms with Crippen molar-refractivity contribution in [2.75, 3.05) is 0 Å². The second-order valence-corrected chi connectivity index (χ2v) is 3.57. The zero-order valence-electron chi connectivity index (χ0n) is 7.71. The van der Waals surface area contributed by atoms with Crippen LogP contribution in [-0.2, 0) is 4.89 Å². The fourth-order valence-electron chi connectivity index (χ4n) is 1.47. The fourth-order valence-corrected chi connectivity index (χ4v) is 1.47. The molecule has 0 aromatic heterocycles. The van der Waals surface area contributed by atoms with Crippen LogP contribution in [-0.4, -0.2) is 11.4 Å². The van der Waals surface area contributed by atoms with E-state index in [1.165, 1.54) is 5.57 Å². The highest BCUT2D eigenvalue weighted by Gasteiger charge is 2.23. The quantitative estimate of drug-likeness (QED) is 0.507. The van der Waals surface area contributed by atoms with Gasteiger partial charge in [-0.15, -0.1) is 0 Å². The number of rotatable bonds is 2. The lowest BCUT2D eigenvalue weighted by atomic mass is 9.86. The topological polar surface area (TPSA) is 29.5 Å². The average molecular weight is 168 g/mol. The van der Waals surface area contributed by atoms with Crippen molar-refractivity contribution in [3.63, 3.8) is 0 Å². The fraction of sp³-hybridized carbons (Fsp3) is 0.600. The molecule has 2 unspecified atom stereocenters. The standard InChI is InChI=1S/C10H16O2/c1-7(2)9-5-4-8(3)10(6-9)12-11/h5,8,10-11H,1,4,6H2,2-3H3. The van der Waals surface area contributed by atoms with Gasteiger partial charge in [0.1, 0.15) is 0 Å². The third kappa shape index (κ3) is 1.96. The first-order valence-corrected chi connectivity index (χ1v) is 4.30. The monoisotopic (exact) mass is 168 g/mol. The number of hydrogen-bond donors (Lipinski definition) is 1. The van der Waals surface area contributed by atoms with Crippen LogP contribution in [0.5, 0.6) is 0 Å². The summed E-state index contributed by atoms with van der Waals surface area (Å²) in [7, 11) is 0. The molecule has 0 aromatic rings. The van der Waals surface area contributed by atoms with Gasteiger partial charge in [-0.05, 0) is 24.8 Å². The van der Waals surface area contributed by atoms with Crippen LogP contribution in [0.1, 0.15) is 26.7 Å². The van der Waals surface area contributed by atoms with Crippen molar-refractivity contribution in [3.8, 4) is 0 Å². The van der Waals surface area contributed by atoms with E-state index in [0.29, 0.717) is 5.92 Å². The molecule has 1 N–H and O–H groups in total. The lowest BCUT2D eigenvalue weighted by Gasteiger charge is -2.26. The van der Waals surface area contributed by atoms with Crippen LogP contribution in [0.2, 0.25) is 0 Å². The van der Waals surface area contributed by atoms with Crippen molar-refractivity contribution in [2.24, 2.45) is 5.92 Å². The maximum absolute atomic E-state index is 8.60. The van der Waals surface area contributed by atoms with Gasteiger partial charge in [0.25, 0.3) is 0 Å². The van der Waals surface area contributed by atoms with Crippen LogP contribution < -0.4 is 0 Å².